The molecule has 0 atom stereocenters. The van der Waals surface area contributed by atoms with E-state index in [0.717, 1.165) is 31.9 Å². The van der Waals surface area contributed by atoms with Crippen molar-refractivity contribution in [2.75, 3.05) is 38.2 Å². The molecule has 3 nitrogen and oxygen atoms in total. The quantitative estimate of drug-likeness (QED) is 0.792. The third kappa shape index (κ3) is 2.42. The standard InChI is InChI=1S/C12H18N2O/c1-10-7-11(9-12(8-10)15-2)14-5-3-13-4-6-14/h7-9,13H,3-6H2,1-2H3. The maximum atomic E-state index is 5.28. The fourth-order valence-corrected chi connectivity index (χ4v) is 1.95. The molecule has 1 heterocycles. The SMILES string of the molecule is COc1cc(C)cc(N2CCNCC2)c1. The van der Waals surface area contributed by atoms with Gasteiger partial charge in [0.1, 0.15) is 5.75 Å². The monoisotopic (exact) mass is 206 g/mol. The molecule has 82 valence electrons. The summed E-state index contributed by atoms with van der Waals surface area (Å²) in [7, 11) is 1.72. The zero-order chi connectivity index (χ0) is 10.7. The largest absolute Gasteiger partial charge is 0.497 e. The van der Waals surface area contributed by atoms with Gasteiger partial charge in [-0.15, -0.1) is 0 Å². The van der Waals surface area contributed by atoms with Crippen molar-refractivity contribution in [1.29, 1.82) is 0 Å². The van der Waals surface area contributed by atoms with Crippen LogP contribution in [0.4, 0.5) is 5.69 Å². The molecule has 1 aliphatic heterocycles. The highest BCUT2D eigenvalue weighted by atomic mass is 16.5. The molecule has 15 heavy (non-hydrogen) atoms. The molecule has 3 heteroatoms. The van der Waals surface area contributed by atoms with Gasteiger partial charge in [0.25, 0.3) is 0 Å². The zero-order valence-corrected chi connectivity index (χ0v) is 9.42. The molecule has 1 saturated heterocycles. The van der Waals surface area contributed by atoms with Gasteiger partial charge in [-0.2, -0.15) is 0 Å². The van der Waals surface area contributed by atoms with Crippen LogP contribution >= 0.6 is 0 Å². The first kappa shape index (κ1) is 10.3. The van der Waals surface area contributed by atoms with Crippen LogP contribution in [0.1, 0.15) is 5.56 Å². The van der Waals surface area contributed by atoms with Crippen LogP contribution in [0.2, 0.25) is 0 Å². The molecule has 0 bridgehead atoms. The summed E-state index contributed by atoms with van der Waals surface area (Å²) in [4.78, 5) is 2.39. The zero-order valence-electron chi connectivity index (χ0n) is 9.42. The summed E-state index contributed by atoms with van der Waals surface area (Å²) in [5, 5.41) is 3.35. The van der Waals surface area contributed by atoms with Gasteiger partial charge in [-0.3, -0.25) is 0 Å². The van der Waals surface area contributed by atoms with Crippen LogP contribution in [0.25, 0.3) is 0 Å². The molecule has 1 aliphatic rings. The smallest absolute Gasteiger partial charge is 0.121 e. The van der Waals surface area contributed by atoms with Crippen molar-refractivity contribution in [2.45, 2.75) is 6.92 Å². The maximum absolute atomic E-state index is 5.28. The van der Waals surface area contributed by atoms with E-state index < -0.39 is 0 Å². The molecule has 1 N–H and O–H groups in total. The van der Waals surface area contributed by atoms with Gasteiger partial charge in [0.2, 0.25) is 0 Å². The highest BCUT2D eigenvalue weighted by molar-refractivity contribution is 5.53. The number of hydrogen-bond donors (Lipinski definition) is 1. The Labute approximate surface area is 91.0 Å². The highest BCUT2D eigenvalue weighted by Crippen LogP contribution is 2.23. The third-order valence-corrected chi connectivity index (χ3v) is 2.75. The summed E-state index contributed by atoms with van der Waals surface area (Å²) < 4.78 is 5.28. The van der Waals surface area contributed by atoms with Crippen LogP contribution in [0, 0.1) is 6.92 Å². The summed E-state index contributed by atoms with van der Waals surface area (Å²) in [6, 6.07) is 6.39. The van der Waals surface area contributed by atoms with Crippen LogP contribution in [0.15, 0.2) is 18.2 Å². The molecule has 0 radical (unpaired) electrons. The second-order valence-electron chi connectivity index (χ2n) is 3.95. The summed E-state index contributed by atoms with van der Waals surface area (Å²) in [6.45, 7) is 6.39. The Morgan fingerprint density at radius 2 is 1.93 bits per heavy atom. The van der Waals surface area contributed by atoms with Gasteiger partial charge in [0.15, 0.2) is 0 Å². The van der Waals surface area contributed by atoms with Crippen molar-refractivity contribution < 1.29 is 4.74 Å². The molecule has 2 rings (SSSR count). The first-order chi connectivity index (χ1) is 7.29. The van der Waals surface area contributed by atoms with E-state index in [1.165, 1.54) is 11.3 Å². The average Bonchev–Trinajstić information content (AvgIpc) is 2.29. The molecular formula is C12H18N2O. The number of anilines is 1. The van der Waals surface area contributed by atoms with Crippen molar-refractivity contribution in [3.05, 3.63) is 23.8 Å². The molecule has 1 aromatic carbocycles. The minimum atomic E-state index is 0.948. The Balaban J connectivity index is 2.22. The number of rotatable bonds is 2. The molecule has 1 aromatic rings. The van der Waals surface area contributed by atoms with E-state index in [4.69, 9.17) is 4.74 Å². The van der Waals surface area contributed by atoms with E-state index in [2.05, 4.69) is 35.3 Å². The number of benzene rings is 1. The van der Waals surface area contributed by atoms with E-state index >= 15 is 0 Å². The van der Waals surface area contributed by atoms with Gasteiger partial charge in [-0.25, -0.2) is 0 Å². The van der Waals surface area contributed by atoms with Crippen LogP contribution in [-0.2, 0) is 0 Å². The van der Waals surface area contributed by atoms with E-state index in [1.54, 1.807) is 7.11 Å². The van der Waals surface area contributed by atoms with Gasteiger partial charge < -0.3 is 15.0 Å². The molecule has 0 unspecified atom stereocenters. The van der Waals surface area contributed by atoms with Crippen LogP contribution in [0.3, 0.4) is 0 Å². The topological polar surface area (TPSA) is 24.5 Å². The number of ether oxygens (including phenoxy) is 1. The summed E-state index contributed by atoms with van der Waals surface area (Å²) in [5.74, 6) is 0.948. The average molecular weight is 206 g/mol. The Morgan fingerprint density at radius 1 is 1.20 bits per heavy atom. The lowest BCUT2D eigenvalue weighted by Crippen LogP contribution is -2.43. The number of aryl methyl sites for hydroxylation is 1. The first-order valence-corrected chi connectivity index (χ1v) is 5.41. The number of nitrogens with zero attached hydrogens (tertiary/aromatic N) is 1. The second kappa shape index (κ2) is 4.53. The Kier molecular flexibility index (Phi) is 3.11. The maximum Gasteiger partial charge on any atom is 0.121 e. The lowest BCUT2D eigenvalue weighted by atomic mass is 10.2. The molecular weight excluding hydrogens is 188 g/mol. The van der Waals surface area contributed by atoms with Crippen LogP contribution < -0.4 is 15.0 Å². The number of piperazine rings is 1. The van der Waals surface area contributed by atoms with Crippen LogP contribution in [-0.4, -0.2) is 33.3 Å². The van der Waals surface area contributed by atoms with Crippen molar-refractivity contribution in [1.82, 2.24) is 5.32 Å². The number of nitrogens with one attached hydrogen (secondary N) is 1. The van der Waals surface area contributed by atoms with Crippen molar-refractivity contribution in [3.63, 3.8) is 0 Å². The lowest BCUT2D eigenvalue weighted by molar-refractivity contribution is 0.414. The molecule has 1 fully saturated rings. The van der Waals surface area contributed by atoms with Crippen LogP contribution in [0.5, 0.6) is 5.75 Å². The summed E-state index contributed by atoms with van der Waals surface area (Å²) in [6.07, 6.45) is 0. The van der Waals surface area contributed by atoms with E-state index in [0.29, 0.717) is 0 Å². The number of hydrogen-bond acceptors (Lipinski definition) is 3. The highest BCUT2D eigenvalue weighted by Gasteiger charge is 2.11. The lowest BCUT2D eigenvalue weighted by Gasteiger charge is -2.29. The molecule has 0 aliphatic carbocycles. The van der Waals surface area contributed by atoms with Crippen molar-refractivity contribution in [2.24, 2.45) is 0 Å². The molecule has 0 amide bonds. The number of methoxy groups -OCH3 is 1. The second-order valence-corrected chi connectivity index (χ2v) is 3.95. The van der Waals surface area contributed by atoms with Gasteiger partial charge in [-0.1, -0.05) is 0 Å². The van der Waals surface area contributed by atoms with E-state index in [-0.39, 0.29) is 0 Å². The summed E-state index contributed by atoms with van der Waals surface area (Å²) in [5.41, 5.74) is 2.52. The predicted octanol–water partition coefficient (Wildman–Crippen LogP) is 1.41. The fourth-order valence-electron chi connectivity index (χ4n) is 1.95. The van der Waals surface area contributed by atoms with E-state index in [9.17, 15) is 0 Å². The first-order valence-electron chi connectivity index (χ1n) is 5.41. The molecule has 0 saturated carbocycles. The Bertz CT molecular complexity index is 332. The molecule has 0 aromatic heterocycles. The fraction of sp³-hybridized carbons (Fsp3) is 0.500. The van der Waals surface area contributed by atoms with Gasteiger partial charge >= 0.3 is 0 Å². The van der Waals surface area contributed by atoms with Gasteiger partial charge in [0, 0.05) is 37.9 Å². The van der Waals surface area contributed by atoms with Crippen molar-refractivity contribution in [3.8, 4) is 5.75 Å². The van der Waals surface area contributed by atoms with E-state index in [1.807, 2.05) is 0 Å². The minimum absolute atomic E-state index is 0.948. The van der Waals surface area contributed by atoms with Gasteiger partial charge in [-0.05, 0) is 24.6 Å². The van der Waals surface area contributed by atoms with Gasteiger partial charge in [0.05, 0.1) is 7.11 Å². The van der Waals surface area contributed by atoms with Crippen molar-refractivity contribution >= 4 is 5.69 Å². The normalized spacial score (nSPS) is 16.5. The Hall–Kier alpha value is -1.22. The summed E-state index contributed by atoms with van der Waals surface area (Å²) >= 11 is 0. The predicted molar refractivity (Wildman–Crippen MR) is 62.8 cm³/mol. The molecule has 0 spiro atoms. The Morgan fingerprint density at radius 3 is 2.60 bits per heavy atom. The third-order valence-electron chi connectivity index (χ3n) is 2.75. The minimum Gasteiger partial charge on any atom is -0.497 e.